The zero-order valence-electron chi connectivity index (χ0n) is 19.9. The van der Waals surface area contributed by atoms with Gasteiger partial charge in [0.1, 0.15) is 17.3 Å². The maximum Gasteiger partial charge on any atom is 0.300 e. The summed E-state index contributed by atoms with van der Waals surface area (Å²) in [5, 5.41) is 21.4. The first kappa shape index (κ1) is 23.9. The van der Waals surface area contributed by atoms with E-state index in [4.69, 9.17) is 4.74 Å². The number of phenolic OH excluding ortho intramolecular Hbond substituents is 1. The normalized spacial score (nSPS) is 17.0. The number of phenols is 1. The summed E-state index contributed by atoms with van der Waals surface area (Å²) >= 11 is 0. The lowest BCUT2D eigenvalue weighted by Gasteiger charge is -2.27. The van der Waals surface area contributed by atoms with Gasteiger partial charge in [-0.05, 0) is 67.9 Å². The van der Waals surface area contributed by atoms with Gasteiger partial charge in [-0.25, -0.2) is 0 Å². The smallest absolute Gasteiger partial charge is 0.300 e. The molecule has 1 amide bonds. The largest absolute Gasteiger partial charge is 0.508 e. The van der Waals surface area contributed by atoms with Crippen LogP contribution in [0, 0.1) is 0 Å². The second kappa shape index (κ2) is 9.93. The molecule has 0 aliphatic carbocycles. The third kappa shape index (κ3) is 4.33. The summed E-state index contributed by atoms with van der Waals surface area (Å²) in [6.45, 7) is 5.80. The van der Waals surface area contributed by atoms with E-state index in [0.717, 1.165) is 18.8 Å². The topological polar surface area (TPSA) is 90.3 Å². The molecule has 0 spiro atoms. The molecule has 7 nitrogen and oxygen atoms in total. The van der Waals surface area contributed by atoms with E-state index >= 15 is 0 Å². The van der Waals surface area contributed by atoms with Gasteiger partial charge in [-0.1, -0.05) is 24.3 Å². The highest BCUT2D eigenvalue weighted by molar-refractivity contribution is 6.51. The molecule has 3 aromatic rings. The van der Waals surface area contributed by atoms with Crippen LogP contribution in [0.3, 0.4) is 0 Å². The fourth-order valence-electron chi connectivity index (χ4n) is 4.51. The molecule has 1 aliphatic rings. The number of aromatic hydroxyl groups is 1. The average Bonchev–Trinajstić information content (AvgIpc) is 3.15. The minimum Gasteiger partial charge on any atom is -0.508 e. The molecule has 3 aromatic carbocycles. The molecule has 0 bridgehead atoms. The maximum absolute atomic E-state index is 13.3. The number of Topliss-reactive ketones (excluding diaryl/α,β-unsaturated/α-hetero) is 1. The molecule has 1 unspecified atom stereocenters. The Morgan fingerprint density at radius 3 is 2.29 bits per heavy atom. The predicted molar refractivity (Wildman–Crippen MR) is 136 cm³/mol. The summed E-state index contributed by atoms with van der Waals surface area (Å²) in [6, 6.07) is 19.5. The van der Waals surface area contributed by atoms with Gasteiger partial charge in [-0.2, -0.15) is 0 Å². The Balaban J connectivity index is 1.90. The number of carbonyl (C=O) groups excluding carboxylic acids is 2. The molecule has 1 aliphatic heterocycles. The van der Waals surface area contributed by atoms with Crippen LogP contribution in [-0.2, 0) is 9.59 Å². The zero-order chi connectivity index (χ0) is 25.1. The second-order valence-electron chi connectivity index (χ2n) is 8.15. The number of nitrogens with zero attached hydrogens (tertiary/aromatic N) is 2. The number of ether oxygens (including phenoxy) is 1. The monoisotopic (exact) mass is 472 g/mol. The van der Waals surface area contributed by atoms with Gasteiger partial charge in [0.25, 0.3) is 11.7 Å². The fraction of sp³-hybridized carbons (Fsp3) is 0.214. The van der Waals surface area contributed by atoms with Crippen LogP contribution in [0.1, 0.15) is 31.0 Å². The van der Waals surface area contributed by atoms with Crippen molar-refractivity contribution in [1.82, 2.24) is 0 Å². The van der Waals surface area contributed by atoms with Crippen molar-refractivity contribution in [3.63, 3.8) is 0 Å². The van der Waals surface area contributed by atoms with E-state index in [9.17, 15) is 19.8 Å². The number of aliphatic hydroxyl groups is 1. The molecule has 1 saturated heterocycles. The number of benzene rings is 3. The van der Waals surface area contributed by atoms with Crippen molar-refractivity contribution < 1.29 is 24.5 Å². The number of para-hydroxylation sites is 1. The van der Waals surface area contributed by atoms with Gasteiger partial charge in [-0.3, -0.25) is 14.5 Å². The molecule has 0 radical (unpaired) electrons. The second-order valence-corrected chi connectivity index (χ2v) is 8.15. The summed E-state index contributed by atoms with van der Waals surface area (Å²) in [6.07, 6.45) is 0. The molecule has 4 rings (SSSR count). The minimum absolute atomic E-state index is 0.0118. The Morgan fingerprint density at radius 2 is 1.66 bits per heavy atom. The number of hydrogen-bond donors (Lipinski definition) is 2. The first-order valence-corrected chi connectivity index (χ1v) is 11.5. The highest BCUT2D eigenvalue weighted by Crippen LogP contribution is 2.44. The lowest BCUT2D eigenvalue weighted by atomic mass is 9.94. The van der Waals surface area contributed by atoms with E-state index in [1.165, 1.54) is 24.1 Å². The third-order valence-electron chi connectivity index (χ3n) is 6.25. The van der Waals surface area contributed by atoms with Gasteiger partial charge in [-0.15, -0.1) is 0 Å². The molecule has 1 heterocycles. The zero-order valence-corrected chi connectivity index (χ0v) is 19.9. The predicted octanol–water partition coefficient (Wildman–Crippen LogP) is 4.87. The average molecular weight is 473 g/mol. The number of ketones is 1. The Labute approximate surface area is 204 Å². The fourth-order valence-corrected chi connectivity index (χ4v) is 4.51. The number of anilines is 2. The number of carbonyl (C=O) groups is 2. The van der Waals surface area contributed by atoms with Crippen LogP contribution < -0.4 is 14.5 Å². The van der Waals surface area contributed by atoms with Gasteiger partial charge in [0.2, 0.25) is 0 Å². The lowest BCUT2D eigenvalue weighted by molar-refractivity contribution is -0.132. The Kier molecular flexibility index (Phi) is 6.78. The van der Waals surface area contributed by atoms with Gasteiger partial charge >= 0.3 is 0 Å². The third-order valence-corrected chi connectivity index (χ3v) is 6.25. The molecule has 1 fully saturated rings. The number of amides is 1. The Morgan fingerprint density at radius 1 is 0.971 bits per heavy atom. The van der Waals surface area contributed by atoms with E-state index in [1.54, 1.807) is 48.5 Å². The molecular formula is C28H28N2O5. The van der Waals surface area contributed by atoms with Crippen LogP contribution in [-0.4, -0.2) is 42.1 Å². The quantitative estimate of drug-likeness (QED) is 0.290. The number of aliphatic hydroxyl groups excluding tert-OH is 1. The first-order valence-electron chi connectivity index (χ1n) is 11.5. The summed E-state index contributed by atoms with van der Waals surface area (Å²) < 4.78 is 5.37. The SMILES string of the molecule is CCN(CC)c1ccc(N2C(=O)C(=O)/C(=C(\O)c3ccccc3OC)C2c2cccc(O)c2)cc1. The van der Waals surface area contributed by atoms with Gasteiger partial charge in [0.05, 0.1) is 24.3 Å². The molecular weight excluding hydrogens is 444 g/mol. The van der Waals surface area contributed by atoms with Crippen LogP contribution in [0.5, 0.6) is 11.5 Å². The van der Waals surface area contributed by atoms with Crippen molar-refractivity contribution in [1.29, 1.82) is 0 Å². The molecule has 180 valence electrons. The van der Waals surface area contributed by atoms with E-state index in [0.29, 0.717) is 22.6 Å². The van der Waals surface area contributed by atoms with Crippen LogP contribution in [0.2, 0.25) is 0 Å². The van der Waals surface area contributed by atoms with E-state index < -0.39 is 17.7 Å². The number of hydrogen-bond acceptors (Lipinski definition) is 6. The van der Waals surface area contributed by atoms with Crippen LogP contribution in [0.4, 0.5) is 11.4 Å². The standard InChI is InChI=1S/C28H28N2O5/c1-4-29(5-2)19-13-15-20(16-14-19)30-25(18-9-8-10-21(31)17-18)24(27(33)28(30)34)26(32)22-11-6-7-12-23(22)35-3/h6-17,25,31-32H,4-5H2,1-3H3/b26-24-. The molecule has 0 saturated carbocycles. The van der Waals surface area contributed by atoms with Gasteiger partial charge in [0.15, 0.2) is 0 Å². The summed E-state index contributed by atoms with van der Waals surface area (Å²) in [4.78, 5) is 30.2. The first-order chi connectivity index (χ1) is 16.9. The van der Waals surface area contributed by atoms with Crippen molar-refractivity contribution in [2.45, 2.75) is 19.9 Å². The summed E-state index contributed by atoms with van der Waals surface area (Å²) in [5.74, 6) is -1.55. The van der Waals surface area contributed by atoms with Crippen molar-refractivity contribution >= 4 is 28.8 Å². The Hall–Kier alpha value is -4.26. The summed E-state index contributed by atoms with van der Waals surface area (Å²) in [7, 11) is 1.47. The van der Waals surface area contributed by atoms with Gasteiger partial charge in [0, 0.05) is 24.5 Å². The summed E-state index contributed by atoms with van der Waals surface area (Å²) in [5.41, 5.74) is 2.23. The molecule has 0 aromatic heterocycles. The highest BCUT2D eigenvalue weighted by Gasteiger charge is 2.47. The Bertz CT molecular complexity index is 1280. The van der Waals surface area contributed by atoms with Crippen molar-refractivity contribution in [3.8, 4) is 11.5 Å². The van der Waals surface area contributed by atoms with Crippen molar-refractivity contribution in [2.75, 3.05) is 30.0 Å². The van der Waals surface area contributed by atoms with Crippen LogP contribution in [0.15, 0.2) is 78.4 Å². The molecule has 35 heavy (non-hydrogen) atoms. The lowest BCUT2D eigenvalue weighted by Crippen LogP contribution is -2.29. The molecule has 1 atom stereocenters. The van der Waals surface area contributed by atoms with E-state index in [2.05, 4.69) is 18.7 Å². The number of methoxy groups -OCH3 is 1. The van der Waals surface area contributed by atoms with Crippen molar-refractivity contribution in [3.05, 3.63) is 89.5 Å². The minimum atomic E-state index is -0.939. The number of rotatable bonds is 7. The van der Waals surface area contributed by atoms with Gasteiger partial charge < -0.3 is 19.8 Å². The maximum atomic E-state index is 13.3. The van der Waals surface area contributed by atoms with Crippen LogP contribution >= 0.6 is 0 Å². The van der Waals surface area contributed by atoms with E-state index in [-0.39, 0.29) is 17.1 Å². The van der Waals surface area contributed by atoms with Crippen molar-refractivity contribution in [2.24, 2.45) is 0 Å². The molecule has 7 heteroatoms. The molecule has 2 N–H and O–H groups in total. The van der Waals surface area contributed by atoms with E-state index in [1.807, 2.05) is 12.1 Å². The van der Waals surface area contributed by atoms with Crippen LogP contribution in [0.25, 0.3) is 5.76 Å². The highest BCUT2D eigenvalue weighted by atomic mass is 16.5.